The number of benzene rings is 1. The van der Waals surface area contributed by atoms with Crippen molar-refractivity contribution in [2.75, 3.05) is 13.7 Å². The first-order valence-corrected chi connectivity index (χ1v) is 15.1. The van der Waals surface area contributed by atoms with Gasteiger partial charge in [-0.2, -0.15) is 0 Å². The van der Waals surface area contributed by atoms with Crippen LogP contribution in [0.2, 0.25) is 17.6 Å². The SMILES string of the molecule is C=CCOc1c(C(C)(C)C)cc(OC)cc1[Si](CC)(CC)C1C2=CC=CCC2CC1CC. The molecule has 1 aromatic rings. The molecular weight excluding hydrogens is 408 g/mol. The van der Waals surface area contributed by atoms with Crippen LogP contribution in [0.25, 0.3) is 0 Å². The topological polar surface area (TPSA) is 18.5 Å². The molecule has 1 aromatic carbocycles. The summed E-state index contributed by atoms with van der Waals surface area (Å²) in [6.45, 7) is 18.6. The second-order valence-electron chi connectivity index (χ2n) is 10.7. The van der Waals surface area contributed by atoms with E-state index in [0.29, 0.717) is 12.1 Å². The van der Waals surface area contributed by atoms with Crippen LogP contribution in [-0.4, -0.2) is 21.8 Å². The molecule has 1 fully saturated rings. The first kappa shape index (κ1) is 24.9. The molecule has 2 nitrogen and oxygen atoms in total. The van der Waals surface area contributed by atoms with E-state index in [2.05, 4.69) is 78.5 Å². The third-order valence-corrected chi connectivity index (χ3v) is 14.1. The van der Waals surface area contributed by atoms with Crippen LogP contribution < -0.4 is 14.7 Å². The molecule has 176 valence electrons. The summed E-state index contributed by atoms with van der Waals surface area (Å²) in [6, 6.07) is 6.98. The normalized spacial score (nSPS) is 23.0. The van der Waals surface area contributed by atoms with Gasteiger partial charge in [0.2, 0.25) is 0 Å². The third-order valence-electron chi connectivity index (χ3n) is 8.10. The molecule has 3 rings (SSSR count). The van der Waals surface area contributed by atoms with Crippen LogP contribution in [0.5, 0.6) is 11.5 Å². The summed E-state index contributed by atoms with van der Waals surface area (Å²) in [6.07, 6.45) is 12.8. The summed E-state index contributed by atoms with van der Waals surface area (Å²) in [5, 5.41) is 1.47. The van der Waals surface area contributed by atoms with E-state index in [0.717, 1.165) is 23.3 Å². The highest BCUT2D eigenvalue weighted by Gasteiger charge is 2.52. The number of fused-ring (bicyclic) bond motifs is 1. The van der Waals surface area contributed by atoms with Crippen molar-refractivity contribution in [3.8, 4) is 11.5 Å². The zero-order valence-corrected chi connectivity index (χ0v) is 22.5. The summed E-state index contributed by atoms with van der Waals surface area (Å²) in [5.41, 5.74) is 3.62. The Hall–Kier alpha value is -1.74. The largest absolute Gasteiger partial charge is 0.497 e. The van der Waals surface area contributed by atoms with Gasteiger partial charge in [0.25, 0.3) is 0 Å². The van der Waals surface area contributed by atoms with Gasteiger partial charge in [-0.05, 0) is 53.0 Å². The Labute approximate surface area is 197 Å². The molecule has 2 aliphatic rings. The third kappa shape index (κ3) is 4.38. The maximum atomic E-state index is 6.55. The predicted molar refractivity (Wildman–Crippen MR) is 141 cm³/mol. The molecule has 3 heteroatoms. The van der Waals surface area contributed by atoms with Gasteiger partial charge in [0.15, 0.2) is 0 Å². The smallest absolute Gasteiger partial charge is 0.123 e. The monoisotopic (exact) mass is 452 g/mol. The molecule has 0 radical (unpaired) electrons. The molecule has 0 heterocycles. The van der Waals surface area contributed by atoms with Gasteiger partial charge in [0.1, 0.15) is 18.1 Å². The van der Waals surface area contributed by atoms with Gasteiger partial charge < -0.3 is 9.47 Å². The van der Waals surface area contributed by atoms with E-state index in [1.54, 1.807) is 12.7 Å². The molecule has 2 aliphatic carbocycles. The molecule has 0 N–H and O–H groups in total. The van der Waals surface area contributed by atoms with E-state index in [4.69, 9.17) is 9.47 Å². The van der Waals surface area contributed by atoms with E-state index < -0.39 is 8.07 Å². The van der Waals surface area contributed by atoms with Crippen LogP contribution in [-0.2, 0) is 5.41 Å². The molecule has 0 aliphatic heterocycles. The van der Waals surface area contributed by atoms with Gasteiger partial charge in [-0.3, -0.25) is 0 Å². The van der Waals surface area contributed by atoms with Crippen molar-refractivity contribution >= 4 is 13.3 Å². The minimum atomic E-state index is -1.97. The fraction of sp³-hybridized carbons (Fsp3) is 0.586. The Morgan fingerprint density at radius 3 is 2.44 bits per heavy atom. The Balaban J connectivity index is 2.32. The molecular formula is C29H44O2Si. The lowest BCUT2D eigenvalue weighted by molar-refractivity contribution is 0.351. The van der Waals surface area contributed by atoms with Crippen molar-refractivity contribution in [3.05, 3.63) is 54.2 Å². The molecule has 0 bridgehead atoms. The van der Waals surface area contributed by atoms with Gasteiger partial charge in [-0.1, -0.05) is 96.5 Å². The molecule has 0 amide bonds. The van der Waals surface area contributed by atoms with Gasteiger partial charge in [0.05, 0.1) is 15.2 Å². The summed E-state index contributed by atoms with van der Waals surface area (Å²) in [4.78, 5) is 0. The number of ether oxygens (including phenoxy) is 2. The average molecular weight is 453 g/mol. The number of hydrogen-bond acceptors (Lipinski definition) is 2. The van der Waals surface area contributed by atoms with Crippen LogP contribution in [0, 0.1) is 11.8 Å². The average Bonchev–Trinajstić information content (AvgIpc) is 3.17. The summed E-state index contributed by atoms with van der Waals surface area (Å²) in [5.74, 6) is 3.56. The van der Waals surface area contributed by atoms with Crippen molar-refractivity contribution in [1.82, 2.24) is 0 Å². The predicted octanol–water partition coefficient (Wildman–Crippen LogP) is 7.56. The highest BCUT2D eigenvalue weighted by atomic mass is 28.3. The Bertz CT molecular complexity index is 870. The lowest BCUT2D eigenvalue weighted by Gasteiger charge is -2.42. The minimum Gasteiger partial charge on any atom is -0.497 e. The Morgan fingerprint density at radius 1 is 1.16 bits per heavy atom. The molecule has 0 aromatic heterocycles. The standard InChI is InChI=1S/C29H44O2Si/c1-9-17-31-27-25(29(5,6)7)19-23(30-8)20-26(27)32(11-3,12-4)28-21(10-2)18-22-15-13-14-16-24(22)28/h9,13-14,16,19-22,28H,1,10-12,15,17-18H2,2-8H3. The van der Waals surface area contributed by atoms with E-state index >= 15 is 0 Å². The summed E-state index contributed by atoms with van der Waals surface area (Å²) < 4.78 is 12.4. The second kappa shape index (κ2) is 10.0. The lowest BCUT2D eigenvalue weighted by Crippen LogP contribution is -2.53. The molecule has 3 unspecified atom stereocenters. The molecule has 3 atom stereocenters. The molecule has 0 spiro atoms. The maximum Gasteiger partial charge on any atom is 0.123 e. The van der Waals surface area contributed by atoms with Crippen LogP contribution >= 0.6 is 0 Å². The highest BCUT2D eigenvalue weighted by molar-refractivity contribution is 6.94. The van der Waals surface area contributed by atoms with Crippen molar-refractivity contribution in [2.24, 2.45) is 11.8 Å². The zero-order valence-electron chi connectivity index (χ0n) is 21.5. The van der Waals surface area contributed by atoms with Gasteiger partial charge in [-0.25, -0.2) is 0 Å². The number of hydrogen-bond donors (Lipinski definition) is 0. The Morgan fingerprint density at radius 2 is 1.88 bits per heavy atom. The number of allylic oxidation sites excluding steroid dienone is 4. The fourth-order valence-electron chi connectivity index (χ4n) is 6.41. The van der Waals surface area contributed by atoms with Gasteiger partial charge in [-0.15, -0.1) is 0 Å². The Kier molecular flexibility index (Phi) is 7.80. The second-order valence-corrected chi connectivity index (χ2v) is 15.6. The lowest BCUT2D eigenvalue weighted by atomic mass is 9.86. The van der Waals surface area contributed by atoms with Crippen LogP contribution in [0.4, 0.5) is 0 Å². The van der Waals surface area contributed by atoms with E-state index in [-0.39, 0.29) is 5.41 Å². The van der Waals surface area contributed by atoms with E-state index in [9.17, 15) is 0 Å². The zero-order chi connectivity index (χ0) is 23.5. The number of methoxy groups -OCH3 is 1. The van der Waals surface area contributed by atoms with Crippen molar-refractivity contribution in [1.29, 1.82) is 0 Å². The van der Waals surface area contributed by atoms with Crippen LogP contribution in [0.1, 0.15) is 66.4 Å². The quantitative estimate of drug-likeness (QED) is 0.284. The van der Waals surface area contributed by atoms with Crippen molar-refractivity contribution in [3.63, 3.8) is 0 Å². The molecule has 0 saturated heterocycles. The maximum absolute atomic E-state index is 6.55. The molecule has 1 saturated carbocycles. The fourth-order valence-corrected chi connectivity index (χ4v) is 12.2. The molecule has 32 heavy (non-hydrogen) atoms. The summed E-state index contributed by atoms with van der Waals surface area (Å²) >= 11 is 0. The first-order valence-electron chi connectivity index (χ1n) is 12.6. The van der Waals surface area contributed by atoms with Crippen molar-refractivity contribution in [2.45, 2.75) is 83.8 Å². The van der Waals surface area contributed by atoms with Gasteiger partial charge >= 0.3 is 0 Å². The van der Waals surface area contributed by atoms with Crippen LogP contribution in [0.3, 0.4) is 0 Å². The first-order chi connectivity index (χ1) is 15.3. The minimum absolute atomic E-state index is 0.0311. The van der Waals surface area contributed by atoms with Gasteiger partial charge in [0, 0.05) is 5.56 Å². The van der Waals surface area contributed by atoms with E-state index in [1.165, 1.54) is 42.1 Å². The number of rotatable bonds is 9. The highest BCUT2D eigenvalue weighted by Crippen LogP contribution is 2.56. The van der Waals surface area contributed by atoms with Crippen molar-refractivity contribution < 1.29 is 9.47 Å². The summed E-state index contributed by atoms with van der Waals surface area (Å²) in [7, 11) is -0.175. The van der Waals surface area contributed by atoms with Crippen LogP contribution in [0.15, 0.2) is 48.6 Å². The van der Waals surface area contributed by atoms with E-state index in [1.807, 2.05) is 6.08 Å².